The van der Waals surface area contributed by atoms with Crippen LogP contribution in [0.4, 0.5) is 5.69 Å². The zero-order chi connectivity index (χ0) is 29.5. The molecule has 2 heterocycles. The highest BCUT2D eigenvalue weighted by Gasteiger charge is 2.30. The Bertz CT molecular complexity index is 1160. The first kappa shape index (κ1) is 30.9. The minimum absolute atomic E-state index is 0.0235. The quantitative estimate of drug-likeness (QED) is 0.525. The van der Waals surface area contributed by atoms with Crippen LogP contribution >= 0.6 is 0 Å². The Balaban J connectivity index is 1.57. The predicted octanol–water partition coefficient (Wildman–Crippen LogP) is 4.41. The monoisotopic (exact) mass is 569 g/mol. The number of aliphatic hydroxyl groups is 1. The molecule has 9 heteroatoms. The van der Waals surface area contributed by atoms with Gasteiger partial charge in [0.1, 0.15) is 5.75 Å². The molecule has 226 valence electrons. The van der Waals surface area contributed by atoms with E-state index < -0.39 is 0 Å². The minimum atomic E-state index is -0.363. The van der Waals surface area contributed by atoms with Crippen molar-refractivity contribution in [1.29, 1.82) is 0 Å². The number of hydrogen-bond donors (Lipinski definition) is 1. The van der Waals surface area contributed by atoms with Crippen LogP contribution in [0.25, 0.3) is 0 Å². The van der Waals surface area contributed by atoms with Crippen LogP contribution in [0.15, 0.2) is 36.4 Å². The van der Waals surface area contributed by atoms with Gasteiger partial charge in [0.25, 0.3) is 5.91 Å². The second-order valence-electron chi connectivity index (χ2n) is 11.8. The van der Waals surface area contributed by atoms with Crippen LogP contribution in [-0.2, 0) is 11.3 Å². The van der Waals surface area contributed by atoms with E-state index in [2.05, 4.69) is 24.9 Å². The molecule has 0 saturated heterocycles. The molecule has 0 aromatic heterocycles. The maximum absolute atomic E-state index is 14.1. The first-order valence-electron chi connectivity index (χ1n) is 14.7. The van der Waals surface area contributed by atoms with Crippen molar-refractivity contribution in [3.63, 3.8) is 0 Å². The van der Waals surface area contributed by atoms with Gasteiger partial charge in [-0.25, -0.2) is 0 Å². The van der Waals surface area contributed by atoms with Gasteiger partial charge >= 0.3 is 0 Å². The lowest BCUT2D eigenvalue weighted by Gasteiger charge is -2.36. The summed E-state index contributed by atoms with van der Waals surface area (Å²) in [7, 11) is 6.00. The number of ether oxygens (including phenoxy) is 4. The molecular formula is C32H47N3O6. The number of aliphatic hydroxyl groups excluding tert-OH is 1. The zero-order valence-corrected chi connectivity index (χ0v) is 25.5. The normalized spacial score (nSPS) is 22.6. The van der Waals surface area contributed by atoms with Crippen molar-refractivity contribution in [2.45, 2.75) is 64.8 Å². The van der Waals surface area contributed by atoms with Gasteiger partial charge < -0.3 is 33.9 Å². The van der Waals surface area contributed by atoms with E-state index in [0.29, 0.717) is 31.0 Å². The molecule has 2 aliphatic heterocycles. The zero-order valence-electron chi connectivity index (χ0n) is 25.5. The molecule has 1 amide bonds. The lowest BCUT2D eigenvalue weighted by molar-refractivity contribution is -0.0177. The van der Waals surface area contributed by atoms with E-state index >= 15 is 0 Å². The largest absolute Gasteiger partial charge is 0.490 e. The number of amides is 1. The van der Waals surface area contributed by atoms with E-state index in [9.17, 15) is 9.90 Å². The Kier molecular flexibility index (Phi) is 10.8. The molecule has 0 fully saturated rings. The minimum Gasteiger partial charge on any atom is -0.490 e. The molecule has 0 spiro atoms. The molecule has 0 aliphatic carbocycles. The number of anilines is 1. The maximum Gasteiger partial charge on any atom is 0.258 e. The predicted molar refractivity (Wildman–Crippen MR) is 160 cm³/mol. The van der Waals surface area contributed by atoms with E-state index in [1.807, 2.05) is 63.2 Å². The third kappa shape index (κ3) is 8.05. The molecule has 4 rings (SSSR count). The van der Waals surface area contributed by atoms with Crippen LogP contribution < -0.4 is 19.1 Å². The molecule has 2 aromatic rings. The number of fused-ring (bicyclic) bond motifs is 2. The Hall–Kier alpha value is -3.01. The van der Waals surface area contributed by atoms with E-state index in [4.69, 9.17) is 18.9 Å². The van der Waals surface area contributed by atoms with Crippen LogP contribution in [0.1, 0.15) is 56.0 Å². The topological polar surface area (TPSA) is 83.9 Å². The van der Waals surface area contributed by atoms with Crippen molar-refractivity contribution in [3.05, 3.63) is 47.5 Å². The summed E-state index contributed by atoms with van der Waals surface area (Å²) >= 11 is 0. The number of carbonyl (C=O) groups excluding carboxylic acids is 1. The summed E-state index contributed by atoms with van der Waals surface area (Å²) in [5.74, 6) is 2.02. The molecule has 0 bridgehead atoms. The van der Waals surface area contributed by atoms with Gasteiger partial charge in [-0.05, 0) is 76.1 Å². The molecule has 2 aliphatic rings. The Morgan fingerprint density at radius 3 is 2.54 bits per heavy atom. The van der Waals surface area contributed by atoms with E-state index in [0.717, 1.165) is 48.6 Å². The summed E-state index contributed by atoms with van der Waals surface area (Å²) < 4.78 is 23.8. The molecule has 2 aromatic carbocycles. The fraction of sp³-hybridized carbons (Fsp3) is 0.594. The van der Waals surface area contributed by atoms with Crippen LogP contribution in [0.3, 0.4) is 0 Å². The summed E-state index contributed by atoms with van der Waals surface area (Å²) in [6.45, 7) is 8.71. The molecule has 0 saturated carbocycles. The fourth-order valence-corrected chi connectivity index (χ4v) is 5.37. The summed E-state index contributed by atoms with van der Waals surface area (Å²) in [6, 6.07) is 11.5. The van der Waals surface area contributed by atoms with E-state index in [1.54, 1.807) is 4.90 Å². The molecule has 0 radical (unpaired) electrons. The lowest BCUT2D eigenvalue weighted by atomic mass is 10.0. The lowest BCUT2D eigenvalue weighted by Crippen LogP contribution is -2.47. The van der Waals surface area contributed by atoms with Gasteiger partial charge in [0.15, 0.2) is 11.5 Å². The number of rotatable bonds is 7. The Labute approximate surface area is 244 Å². The highest BCUT2D eigenvalue weighted by molar-refractivity contribution is 5.98. The second-order valence-corrected chi connectivity index (χ2v) is 11.8. The molecular weight excluding hydrogens is 522 g/mol. The first-order chi connectivity index (χ1) is 19.7. The average Bonchev–Trinajstić information content (AvgIpc) is 3.42. The van der Waals surface area contributed by atoms with Gasteiger partial charge in [-0.15, -0.1) is 0 Å². The van der Waals surface area contributed by atoms with Crippen molar-refractivity contribution in [3.8, 4) is 17.2 Å². The molecule has 1 N–H and O–H groups in total. The second kappa shape index (κ2) is 14.2. The number of nitrogens with zero attached hydrogens (tertiary/aromatic N) is 3. The Morgan fingerprint density at radius 2 is 1.78 bits per heavy atom. The van der Waals surface area contributed by atoms with Crippen LogP contribution in [0.5, 0.6) is 17.2 Å². The maximum atomic E-state index is 14.1. The van der Waals surface area contributed by atoms with Gasteiger partial charge in [-0.2, -0.15) is 0 Å². The molecule has 0 unspecified atom stereocenters. The summed E-state index contributed by atoms with van der Waals surface area (Å²) in [5, 5.41) is 10.1. The van der Waals surface area contributed by atoms with Crippen LogP contribution in [0.2, 0.25) is 0 Å². The SMILES string of the molecule is C[C@@H]1CCCCO[C@@H](CN(C)Cc2ccc3c(c2)OCO3)[C@H](C)CN([C@@H](C)CO)C(=O)c2cc(N(C)C)ccc2O1. The van der Waals surface area contributed by atoms with Gasteiger partial charge in [0.2, 0.25) is 6.79 Å². The van der Waals surface area contributed by atoms with E-state index in [-0.39, 0.29) is 43.5 Å². The number of carbonyl (C=O) groups is 1. The standard InChI is InChI=1S/C32H47N3O6/c1-22-17-35(23(2)20-36)32(37)27-16-26(33(4)5)11-13-28(27)41-24(3)9-7-8-14-38-31(22)19-34(6)18-25-10-12-29-30(15-25)40-21-39-29/h10-13,15-16,22-24,31,36H,7-9,14,17-21H2,1-6H3/t22-,23+,24-,31+/m1/s1. The smallest absolute Gasteiger partial charge is 0.258 e. The van der Waals surface area contributed by atoms with Crippen molar-refractivity contribution in [2.75, 3.05) is 59.1 Å². The van der Waals surface area contributed by atoms with Gasteiger partial charge in [-0.1, -0.05) is 13.0 Å². The highest BCUT2D eigenvalue weighted by Crippen LogP contribution is 2.33. The molecule has 4 atom stereocenters. The molecule has 9 nitrogen and oxygen atoms in total. The van der Waals surface area contributed by atoms with Gasteiger partial charge in [0.05, 0.1) is 30.4 Å². The van der Waals surface area contributed by atoms with Crippen molar-refractivity contribution >= 4 is 11.6 Å². The molecule has 41 heavy (non-hydrogen) atoms. The van der Waals surface area contributed by atoms with Crippen molar-refractivity contribution < 1.29 is 28.8 Å². The Morgan fingerprint density at radius 1 is 1.02 bits per heavy atom. The van der Waals surface area contributed by atoms with Crippen LogP contribution in [-0.4, -0.2) is 93.3 Å². The fourth-order valence-electron chi connectivity index (χ4n) is 5.37. The van der Waals surface area contributed by atoms with Crippen LogP contribution in [0, 0.1) is 5.92 Å². The third-order valence-corrected chi connectivity index (χ3v) is 7.93. The number of hydrogen-bond acceptors (Lipinski definition) is 8. The number of benzene rings is 2. The summed E-state index contributed by atoms with van der Waals surface area (Å²) in [5.41, 5.74) is 2.58. The van der Waals surface area contributed by atoms with Crippen molar-refractivity contribution in [1.82, 2.24) is 9.80 Å². The first-order valence-corrected chi connectivity index (χ1v) is 14.7. The van der Waals surface area contributed by atoms with E-state index in [1.165, 1.54) is 0 Å². The summed E-state index contributed by atoms with van der Waals surface area (Å²) in [6.07, 6.45) is 2.64. The summed E-state index contributed by atoms with van der Waals surface area (Å²) in [4.78, 5) is 20.1. The number of likely N-dealkylation sites (N-methyl/N-ethyl adjacent to an activating group) is 1. The highest BCUT2D eigenvalue weighted by atomic mass is 16.7. The third-order valence-electron chi connectivity index (χ3n) is 7.93. The van der Waals surface area contributed by atoms with Gasteiger partial charge in [-0.3, -0.25) is 9.69 Å². The van der Waals surface area contributed by atoms with Gasteiger partial charge in [0, 0.05) is 51.9 Å². The van der Waals surface area contributed by atoms with Crippen molar-refractivity contribution in [2.24, 2.45) is 5.92 Å². The average molecular weight is 570 g/mol.